The fraction of sp³-hybridized carbons (Fsp3) is 0.600. The van der Waals surface area contributed by atoms with Crippen LogP contribution in [0.4, 0.5) is 0 Å². The van der Waals surface area contributed by atoms with Gasteiger partial charge < -0.3 is 15.5 Å². The molecule has 3 nitrogen and oxygen atoms in total. The Bertz CT molecular complexity index is 406. The number of rotatable bonds is 5. The molecule has 0 radical (unpaired) electrons. The molecule has 0 aliphatic heterocycles. The van der Waals surface area contributed by atoms with Crippen LogP contribution in [-0.2, 0) is 0 Å². The summed E-state index contributed by atoms with van der Waals surface area (Å²) >= 11 is 0. The van der Waals surface area contributed by atoms with Gasteiger partial charge in [0.1, 0.15) is 11.5 Å². The number of aromatic hydroxyl groups is 2. The minimum Gasteiger partial charge on any atom is -0.508 e. The van der Waals surface area contributed by atoms with Gasteiger partial charge in [-0.15, -0.1) is 0 Å². The quantitative estimate of drug-likeness (QED) is 0.750. The standard InChI is InChI=1S/C15H21NO2/c1-9(12-6-13(17)8-14(18)7-12)16-15(10-2-3-10)11-4-5-11/h6-11,15-18H,2-5H2,1H3. The number of hydrogen-bond acceptors (Lipinski definition) is 3. The number of phenols is 2. The van der Waals surface area contributed by atoms with E-state index < -0.39 is 0 Å². The lowest BCUT2D eigenvalue weighted by molar-refractivity contribution is 0.375. The Morgan fingerprint density at radius 2 is 1.50 bits per heavy atom. The van der Waals surface area contributed by atoms with E-state index in [9.17, 15) is 10.2 Å². The summed E-state index contributed by atoms with van der Waals surface area (Å²) in [7, 11) is 0. The van der Waals surface area contributed by atoms with E-state index in [1.165, 1.54) is 31.7 Å². The van der Waals surface area contributed by atoms with Crippen LogP contribution in [0.1, 0.15) is 44.2 Å². The van der Waals surface area contributed by atoms with Crippen molar-refractivity contribution < 1.29 is 10.2 Å². The molecule has 98 valence electrons. The number of nitrogens with one attached hydrogen (secondary N) is 1. The highest BCUT2D eigenvalue weighted by molar-refractivity contribution is 5.38. The molecule has 1 unspecified atom stereocenters. The van der Waals surface area contributed by atoms with E-state index in [-0.39, 0.29) is 17.5 Å². The van der Waals surface area contributed by atoms with Crippen molar-refractivity contribution in [3.63, 3.8) is 0 Å². The Morgan fingerprint density at radius 3 is 1.94 bits per heavy atom. The lowest BCUT2D eigenvalue weighted by Gasteiger charge is -2.23. The summed E-state index contributed by atoms with van der Waals surface area (Å²) in [5.41, 5.74) is 0.957. The zero-order valence-electron chi connectivity index (χ0n) is 10.8. The predicted octanol–water partition coefficient (Wildman–Crippen LogP) is 2.94. The van der Waals surface area contributed by atoms with Crippen LogP contribution >= 0.6 is 0 Å². The van der Waals surface area contributed by atoms with Gasteiger partial charge in [-0.2, -0.15) is 0 Å². The number of hydrogen-bond donors (Lipinski definition) is 3. The molecule has 0 bridgehead atoms. The highest BCUT2D eigenvalue weighted by atomic mass is 16.3. The average Bonchev–Trinajstić information content (AvgIpc) is 3.14. The van der Waals surface area contributed by atoms with Crippen LogP contribution in [0.5, 0.6) is 11.5 Å². The SMILES string of the molecule is CC(NC(C1CC1)C1CC1)c1cc(O)cc(O)c1. The maximum atomic E-state index is 9.53. The van der Waals surface area contributed by atoms with E-state index in [1.54, 1.807) is 12.1 Å². The van der Waals surface area contributed by atoms with Gasteiger partial charge in [-0.1, -0.05) is 0 Å². The predicted molar refractivity (Wildman–Crippen MR) is 70.6 cm³/mol. The molecular weight excluding hydrogens is 226 g/mol. The lowest BCUT2D eigenvalue weighted by Crippen LogP contribution is -2.35. The van der Waals surface area contributed by atoms with Crippen molar-refractivity contribution in [3.05, 3.63) is 23.8 Å². The van der Waals surface area contributed by atoms with Crippen LogP contribution in [0.15, 0.2) is 18.2 Å². The molecule has 1 aromatic carbocycles. The molecule has 1 atom stereocenters. The molecule has 0 saturated heterocycles. The Hall–Kier alpha value is -1.22. The topological polar surface area (TPSA) is 52.5 Å². The maximum Gasteiger partial charge on any atom is 0.119 e. The molecule has 0 aromatic heterocycles. The molecule has 2 aliphatic rings. The first-order valence-corrected chi connectivity index (χ1v) is 6.92. The van der Waals surface area contributed by atoms with Crippen molar-refractivity contribution in [1.29, 1.82) is 0 Å². The van der Waals surface area contributed by atoms with E-state index >= 15 is 0 Å². The zero-order valence-corrected chi connectivity index (χ0v) is 10.8. The molecule has 2 saturated carbocycles. The van der Waals surface area contributed by atoms with Crippen LogP contribution in [-0.4, -0.2) is 16.3 Å². The average molecular weight is 247 g/mol. The van der Waals surface area contributed by atoms with Crippen molar-refractivity contribution in [2.24, 2.45) is 11.8 Å². The van der Waals surface area contributed by atoms with Crippen molar-refractivity contribution in [3.8, 4) is 11.5 Å². The third-order valence-corrected chi connectivity index (χ3v) is 4.13. The monoisotopic (exact) mass is 247 g/mol. The van der Waals surface area contributed by atoms with E-state index in [0.29, 0.717) is 6.04 Å². The lowest BCUT2D eigenvalue weighted by atomic mass is 10.0. The molecule has 3 N–H and O–H groups in total. The first-order chi connectivity index (χ1) is 8.63. The van der Waals surface area contributed by atoms with E-state index in [2.05, 4.69) is 12.2 Å². The first-order valence-electron chi connectivity index (χ1n) is 6.92. The summed E-state index contributed by atoms with van der Waals surface area (Å²) in [6.45, 7) is 2.10. The van der Waals surface area contributed by atoms with Gasteiger partial charge >= 0.3 is 0 Å². The third kappa shape index (κ3) is 2.61. The van der Waals surface area contributed by atoms with Crippen LogP contribution in [0.2, 0.25) is 0 Å². The van der Waals surface area contributed by atoms with Gasteiger partial charge in [0.25, 0.3) is 0 Å². The normalized spacial score (nSPS) is 21.2. The van der Waals surface area contributed by atoms with Crippen LogP contribution < -0.4 is 5.32 Å². The molecule has 0 heterocycles. The van der Waals surface area contributed by atoms with Gasteiger partial charge in [-0.05, 0) is 62.1 Å². The van der Waals surface area contributed by atoms with Crippen molar-refractivity contribution >= 4 is 0 Å². The van der Waals surface area contributed by atoms with Gasteiger partial charge in [0.2, 0.25) is 0 Å². The fourth-order valence-corrected chi connectivity index (χ4v) is 2.82. The summed E-state index contributed by atoms with van der Waals surface area (Å²) in [5.74, 6) is 1.97. The van der Waals surface area contributed by atoms with Crippen LogP contribution in [0.3, 0.4) is 0 Å². The van der Waals surface area contributed by atoms with Gasteiger partial charge in [-0.25, -0.2) is 0 Å². The molecule has 3 heteroatoms. The Balaban J connectivity index is 1.70. The molecule has 1 aromatic rings. The molecule has 2 fully saturated rings. The second kappa shape index (κ2) is 4.47. The van der Waals surface area contributed by atoms with Crippen molar-refractivity contribution in [1.82, 2.24) is 5.32 Å². The molecule has 3 rings (SSSR count). The van der Waals surface area contributed by atoms with Crippen molar-refractivity contribution in [2.45, 2.75) is 44.7 Å². The molecule has 18 heavy (non-hydrogen) atoms. The fourth-order valence-electron chi connectivity index (χ4n) is 2.82. The highest BCUT2D eigenvalue weighted by Gasteiger charge is 2.41. The van der Waals surface area contributed by atoms with E-state index in [4.69, 9.17) is 0 Å². The Labute approximate surface area is 108 Å². The summed E-state index contributed by atoms with van der Waals surface area (Å²) in [6.07, 6.45) is 5.41. The van der Waals surface area contributed by atoms with Gasteiger partial charge in [0.15, 0.2) is 0 Å². The van der Waals surface area contributed by atoms with Crippen LogP contribution in [0.25, 0.3) is 0 Å². The summed E-state index contributed by atoms with van der Waals surface area (Å²) in [6, 6.07) is 5.64. The molecular formula is C15H21NO2. The number of phenolic OH excluding ortho intramolecular Hbond substituents is 2. The summed E-state index contributed by atoms with van der Waals surface area (Å²) < 4.78 is 0. The minimum atomic E-state index is 0.132. The highest BCUT2D eigenvalue weighted by Crippen LogP contribution is 2.45. The second-order valence-corrected chi connectivity index (χ2v) is 5.87. The maximum absolute atomic E-state index is 9.53. The van der Waals surface area contributed by atoms with Gasteiger partial charge in [-0.3, -0.25) is 0 Å². The van der Waals surface area contributed by atoms with Gasteiger partial charge in [0, 0.05) is 18.2 Å². The molecule has 2 aliphatic carbocycles. The largest absolute Gasteiger partial charge is 0.508 e. The summed E-state index contributed by atoms with van der Waals surface area (Å²) in [5, 5.41) is 22.8. The van der Waals surface area contributed by atoms with E-state index in [0.717, 1.165) is 17.4 Å². The van der Waals surface area contributed by atoms with Gasteiger partial charge in [0.05, 0.1) is 0 Å². The third-order valence-electron chi connectivity index (χ3n) is 4.13. The zero-order chi connectivity index (χ0) is 12.7. The van der Waals surface area contributed by atoms with Crippen LogP contribution in [0, 0.1) is 11.8 Å². The first kappa shape index (κ1) is 11.8. The smallest absolute Gasteiger partial charge is 0.119 e. The van der Waals surface area contributed by atoms with Crippen molar-refractivity contribution in [2.75, 3.05) is 0 Å². The molecule has 0 spiro atoms. The number of benzene rings is 1. The molecule has 0 amide bonds. The Kier molecular flexibility index (Phi) is 2.94. The summed E-state index contributed by atoms with van der Waals surface area (Å²) in [4.78, 5) is 0. The van der Waals surface area contributed by atoms with E-state index in [1.807, 2.05) is 0 Å². The minimum absolute atomic E-state index is 0.132. The second-order valence-electron chi connectivity index (χ2n) is 5.87. The Morgan fingerprint density at radius 1 is 1.00 bits per heavy atom.